The van der Waals surface area contributed by atoms with Crippen LogP contribution in [0, 0.1) is 0 Å². The third-order valence-corrected chi connectivity index (χ3v) is 4.87. The van der Waals surface area contributed by atoms with Gasteiger partial charge in [-0.15, -0.1) is 0 Å². The monoisotopic (exact) mass is 348 g/mol. The number of hydrogen-bond acceptors (Lipinski definition) is 2. The summed E-state index contributed by atoms with van der Waals surface area (Å²) in [5.74, 6) is 0.131. The van der Waals surface area contributed by atoms with Crippen LogP contribution in [0.4, 0.5) is 0 Å². The smallest absolute Gasteiger partial charge is 0.164 e. The van der Waals surface area contributed by atoms with E-state index in [1.54, 1.807) is 18.2 Å². The summed E-state index contributed by atoms with van der Waals surface area (Å²) in [6.45, 7) is 0.809. The highest BCUT2D eigenvalue weighted by Gasteiger charge is 2.18. The molecule has 1 saturated carbocycles. The molecule has 0 amide bonds. The molecule has 118 valence electrons. The summed E-state index contributed by atoms with van der Waals surface area (Å²) in [5.41, 5.74) is 0.649. The number of Topliss-reactive ketones (excluding diaryl/α,β-unsaturated/α-hetero) is 1. The Labute approximate surface area is 143 Å². The second kappa shape index (κ2) is 8.99. The zero-order valence-corrected chi connectivity index (χ0v) is 14.5. The minimum absolute atomic E-state index is 0. The van der Waals surface area contributed by atoms with Gasteiger partial charge in [-0.1, -0.05) is 42.5 Å². The maximum atomic E-state index is 12.2. The number of carbonyl (C=O) groups excluding carboxylic acids is 1. The van der Waals surface area contributed by atoms with Gasteiger partial charge < -0.3 is 17.3 Å². The van der Waals surface area contributed by atoms with Crippen molar-refractivity contribution >= 4 is 29.0 Å². The van der Waals surface area contributed by atoms with Crippen molar-refractivity contribution in [1.82, 2.24) is 4.90 Å². The van der Waals surface area contributed by atoms with E-state index in [9.17, 15) is 4.79 Å². The molecule has 1 aliphatic carbocycles. The Morgan fingerprint density at radius 3 is 2.48 bits per heavy atom. The van der Waals surface area contributed by atoms with Crippen LogP contribution in [0.1, 0.15) is 48.9 Å². The highest BCUT2D eigenvalue weighted by molar-refractivity contribution is 6.42. The van der Waals surface area contributed by atoms with Crippen molar-refractivity contribution in [3.63, 3.8) is 0 Å². The molecule has 0 bridgehead atoms. The summed E-state index contributed by atoms with van der Waals surface area (Å²) < 4.78 is 0. The molecule has 0 unspecified atom stereocenters. The maximum absolute atomic E-state index is 12.2. The molecule has 0 aromatic heterocycles. The second-order valence-electron chi connectivity index (χ2n) is 5.57. The molecule has 1 aromatic rings. The Balaban J connectivity index is 0.00000220. The van der Waals surface area contributed by atoms with Crippen molar-refractivity contribution in [2.45, 2.75) is 44.6 Å². The molecular weight excluding hydrogens is 329 g/mol. The number of halogens is 3. The van der Waals surface area contributed by atoms with Gasteiger partial charge in [-0.05, 0) is 38.1 Å². The summed E-state index contributed by atoms with van der Waals surface area (Å²) in [6, 6.07) is 5.73. The van der Waals surface area contributed by atoms with Crippen LogP contribution in [0.2, 0.25) is 10.0 Å². The van der Waals surface area contributed by atoms with Crippen LogP contribution in [-0.2, 0) is 0 Å². The van der Waals surface area contributed by atoms with Crippen LogP contribution in [0.3, 0.4) is 0 Å². The van der Waals surface area contributed by atoms with E-state index >= 15 is 0 Å². The van der Waals surface area contributed by atoms with Crippen molar-refractivity contribution in [3.05, 3.63) is 33.8 Å². The number of hydrogen-bond donors (Lipinski definition) is 0. The van der Waals surface area contributed by atoms with Gasteiger partial charge in [0.2, 0.25) is 0 Å². The zero-order valence-electron chi connectivity index (χ0n) is 12.2. The van der Waals surface area contributed by atoms with Gasteiger partial charge in [0.1, 0.15) is 0 Å². The lowest BCUT2D eigenvalue weighted by Crippen LogP contribution is -3.00. The first-order valence-corrected chi connectivity index (χ1v) is 8.02. The van der Waals surface area contributed by atoms with Gasteiger partial charge in [0, 0.05) is 24.6 Å². The molecule has 0 radical (unpaired) electrons. The van der Waals surface area contributed by atoms with E-state index in [1.165, 1.54) is 32.1 Å². The maximum Gasteiger partial charge on any atom is 0.164 e. The molecule has 1 aliphatic rings. The number of benzene rings is 1. The van der Waals surface area contributed by atoms with Crippen LogP contribution in [0.15, 0.2) is 18.2 Å². The first-order chi connectivity index (χ1) is 9.58. The summed E-state index contributed by atoms with van der Waals surface area (Å²) in [7, 11) is 2.12. The fourth-order valence-corrected chi connectivity index (χ4v) is 3.09. The molecule has 0 spiro atoms. The molecular formula is C16H21Cl3NO-. The standard InChI is InChI=1S/C16H21Cl2NO.ClH/c1-19(13-5-3-2-4-6-13)10-9-16(20)12-7-8-14(17)15(18)11-12;/h7-8,11,13H,2-6,9-10H2,1H3;1H/p-1. The average molecular weight is 350 g/mol. The Hall–Kier alpha value is -0.280. The van der Waals surface area contributed by atoms with Gasteiger partial charge in [-0.3, -0.25) is 4.79 Å². The van der Waals surface area contributed by atoms with Crippen molar-refractivity contribution < 1.29 is 17.2 Å². The molecule has 5 heteroatoms. The molecule has 0 saturated heterocycles. The molecule has 1 fully saturated rings. The predicted octanol–water partition coefficient (Wildman–Crippen LogP) is 1.83. The average Bonchev–Trinajstić information content (AvgIpc) is 2.48. The van der Waals surface area contributed by atoms with Crippen molar-refractivity contribution in [3.8, 4) is 0 Å². The van der Waals surface area contributed by atoms with Crippen molar-refractivity contribution in [1.29, 1.82) is 0 Å². The minimum Gasteiger partial charge on any atom is -1.00 e. The largest absolute Gasteiger partial charge is 1.00 e. The lowest BCUT2D eigenvalue weighted by Gasteiger charge is -2.30. The highest BCUT2D eigenvalue weighted by Crippen LogP contribution is 2.24. The van der Waals surface area contributed by atoms with E-state index in [0.717, 1.165) is 6.54 Å². The van der Waals surface area contributed by atoms with Gasteiger partial charge in [0.15, 0.2) is 5.78 Å². The van der Waals surface area contributed by atoms with Crippen LogP contribution < -0.4 is 12.4 Å². The molecule has 0 atom stereocenters. The van der Waals surface area contributed by atoms with Gasteiger partial charge in [-0.25, -0.2) is 0 Å². The summed E-state index contributed by atoms with van der Waals surface area (Å²) in [6.07, 6.45) is 7.04. The molecule has 0 heterocycles. The van der Waals surface area contributed by atoms with Gasteiger partial charge in [-0.2, -0.15) is 0 Å². The second-order valence-corrected chi connectivity index (χ2v) is 6.39. The quantitative estimate of drug-likeness (QED) is 0.756. The molecule has 0 aliphatic heterocycles. The van der Waals surface area contributed by atoms with E-state index in [1.807, 2.05) is 0 Å². The fourth-order valence-electron chi connectivity index (χ4n) is 2.80. The van der Waals surface area contributed by atoms with Crippen LogP contribution in [-0.4, -0.2) is 30.3 Å². The number of carbonyl (C=O) groups is 1. The first kappa shape index (κ1) is 18.8. The molecule has 2 nitrogen and oxygen atoms in total. The van der Waals surface area contributed by atoms with E-state index < -0.39 is 0 Å². The van der Waals surface area contributed by atoms with E-state index in [0.29, 0.717) is 28.1 Å². The normalized spacial score (nSPS) is 15.8. The molecule has 2 rings (SSSR count). The van der Waals surface area contributed by atoms with E-state index in [-0.39, 0.29) is 18.2 Å². The number of ketones is 1. The summed E-state index contributed by atoms with van der Waals surface area (Å²) in [5, 5.41) is 0.931. The predicted molar refractivity (Wildman–Crippen MR) is 84.9 cm³/mol. The van der Waals surface area contributed by atoms with Gasteiger partial charge >= 0.3 is 0 Å². The molecule has 21 heavy (non-hydrogen) atoms. The highest BCUT2D eigenvalue weighted by atomic mass is 35.5. The zero-order chi connectivity index (χ0) is 14.5. The van der Waals surface area contributed by atoms with Gasteiger partial charge in [0.25, 0.3) is 0 Å². The molecule has 0 N–H and O–H groups in total. The summed E-state index contributed by atoms with van der Waals surface area (Å²) >= 11 is 11.8. The third kappa shape index (κ3) is 5.45. The Kier molecular flexibility index (Phi) is 8.04. The Morgan fingerprint density at radius 1 is 1.19 bits per heavy atom. The minimum atomic E-state index is 0. The number of nitrogens with zero attached hydrogens (tertiary/aromatic N) is 1. The van der Waals surface area contributed by atoms with Crippen molar-refractivity contribution in [2.24, 2.45) is 0 Å². The molecule has 1 aromatic carbocycles. The topological polar surface area (TPSA) is 20.3 Å². The van der Waals surface area contributed by atoms with Crippen molar-refractivity contribution in [2.75, 3.05) is 13.6 Å². The van der Waals surface area contributed by atoms with E-state index in [4.69, 9.17) is 23.2 Å². The Morgan fingerprint density at radius 2 is 1.86 bits per heavy atom. The van der Waals surface area contributed by atoms with Crippen LogP contribution in [0.5, 0.6) is 0 Å². The summed E-state index contributed by atoms with van der Waals surface area (Å²) in [4.78, 5) is 14.5. The fraction of sp³-hybridized carbons (Fsp3) is 0.562. The lowest BCUT2D eigenvalue weighted by atomic mass is 9.94. The third-order valence-electron chi connectivity index (χ3n) is 4.13. The van der Waals surface area contributed by atoms with Crippen LogP contribution >= 0.6 is 23.2 Å². The van der Waals surface area contributed by atoms with Crippen LogP contribution in [0.25, 0.3) is 0 Å². The Bertz CT molecular complexity index is 473. The van der Waals surface area contributed by atoms with Gasteiger partial charge in [0.05, 0.1) is 10.0 Å². The lowest BCUT2D eigenvalue weighted by molar-refractivity contribution is -0.0000121. The number of rotatable bonds is 5. The SMILES string of the molecule is CN(CCC(=O)c1ccc(Cl)c(Cl)c1)C1CCCCC1.[Cl-]. The first-order valence-electron chi connectivity index (χ1n) is 7.26. The van der Waals surface area contributed by atoms with E-state index in [2.05, 4.69) is 11.9 Å².